The fraction of sp³-hybridized carbons (Fsp3) is 0.118. The fourth-order valence-electron chi connectivity index (χ4n) is 2.30. The zero-order chi connectivity index (χ0) is 18.0. The van der Waals surface area contributed by atoms with E-state index in [9.17, 15) is 18.0 Å². The van der Waals surface area contributed by atoms with Gasteiger partial charge in [0, 0.05) is 41.5 Å². The van der Waals surface area contributed by atoms with Crippen LogP contribution >= 0.6 is 11.3 Å². The van der Waals surface area contributed by atoms with E-state index in [4.69, 9.17) is 0 Å². The molecule has 3 rings (SSSR count). The summed E-state index contributed by atoms with van der Waals surface area (Å²) in [5, 5.41) is 4.57. The molecular weight excluding hydrogens is 351 g/mol. The number of nitrogens with one attached hydrogen (secondary N) is 1. The van der Waals surface area contributed by atoms with Gasteiger partial charge in [-0.1, -0.05) is 12.1 Å². The third-order valence-corrected chi connectivity index (χ3v) is 4.22. The van der Waals surface area contributed by atoms with Crippen molar-refractivity contribution < 1.29 is 18.0 Å². The molecule has 0 aliphatic rings. The van der Waals surface area contributed by atoms with E-state index in [1.807, 2.05) is 0 Å². The number of amides is 1. The molecule has 25 heavy (non-hydrogen) atoms. The second kappa shape index (κ2) is 6.64. The number of halogens is 3. The maximum atomic E-state index is 13.1. The Bertz CT molecular complexity index is 921. The van der Waals surface area contributed by atoms with Crippen molar-refractivity contribution in [3.63, 3.8) is 0 Å². The van der Waals surface area contributed by atoms with Crippen molar-refractivity contribution in [2.24, 2.45) is 0 Å². The predicted molar refractivity (Wildman–Crippen MR) is 90.1 cm³/mol. The molecule has 0 spiro atoms. The Balaban J connectivity index is 1.98. The van der Waals surface area contributed by atoms with Crippen LogP contribution in [0.25, 0.3) is 21.8 Å². The normalized spacial score (nSPS) is 11.4. The molecule has 0 saturated heterocycles. The van der Waals surface area contributed by atoms with Crippen LogP contribution in [0.4, 0.5) is 18.9 Å². The first-order chi connectivity index (χ1) is 11.8. The molecule has 0 unspecified atom stereocenters. The van der Waals surface area contributed by atoms with Crippen LogP contribution < -0.4 is 5.32 Å². The van der Waals surface area contributed by atoms with Gasteiger partial charge in [0.15, 0.2) is 0 Å². The molecule has 1 amide bonds. The number of anilines is 1. The molecule has 2 aromatic heterocycles. The van der Waals surface area contributed by atoms with Crippen LogP contribution in [0.15, 0.2) is 48.1 Å². The Morgan fingerprint density at radius 1 is 1.24 bits per heavy atom. The highest BCUT2D eigenvalue weighted by atomic mass is 32.1. The lowest BCUT2D eigenvalue weighted by Gasteiger charge is -2.09. The monoisotopic (exact) mass is 363 g/mol. The number of pyridine rings is 1. The zero-order valence-electron chi connectivity index (χ0n) is 13.0. The van der Waals surface area contributed by atoms with Gasteiger partial charge >= 0.3 is 6.18 Å². The standard InChI is InChI=1S/C17H12F3N3OS/c1-10(24)22-12-4-2-3-11(7-12)15-9-25-16(23-15)13-8-21-6-5-14(13)17(18,19)20/h2-9H,1H3,(H,22,24). The molecule has 0 bridgehead atoms. The van der Waals surface area contributed by atoms with Crippen LogP contribution in [0, 0.1) is 0 Å². The largest absolute Gasteiger partial charge is 0.417 e. The molecule has 8 heteroatoms. The average Bonchev–Trinajstić information content (AvgIpc) is 3.03. The summed E-state index contributed by atoms with van der Waals surface area (Å²) < 4.78 is 39.4. The van der Waals surface area contributed by atoms with Gasteiger partial charge < -0.3 is 5.32 Å². The van der Waals surface area contributed by atoms with E-state index < -0.39 is 11.7 Å². The molecule has 0 fully saturated rings. The molecule has 2 heterocycles. The van der Waals surface area contributed by atoms with Gasteiger partial charge in [-0.3, -0.25) is 9.78 Å². The van der Waals surface area contributed by atoms with Crippen molar-refractivity contribution in [1.82, 2.24) is 9.97 Å². The minimum absolute atomic E-state index is 0.0516. The lowest BCUT2D eigenvalue weighted by atomic mass is 10.1. The molecule has 3 aromatic rings. The highest BCUT2D eigenvalue weighted by Gasteiger charge is 2.34. The van der Waals surface area contributed by atoms with Crippen molar-refractivity contribution in [2.75, 3.05) is 5.32 Å². The van der Waals surface area contributed by atoms with Crippen LogP contribution in [-0.2, 0) is 11.0 Å². The number of benzene rings is 1. The molecule has 4 nitrogen and oxygen atoms in total. The fourth-order valence-corrected chi connectivity index (χ4v) is 3.15. The van der Waals surface area contributed by atoms with E-state index in [1.54, 1.807) is 29.6 Å². The second-order valence-electron chi connectivity index (χ2n) is 5.22. The third kappa shape index (κ3) is 3.85. The molecule has 1 N–H and O–H groups in total. The molecule has 0 saturated carbocycles. The molecule has 0 radical (unpaired) electrons. The Labute approximate surface area is 145 Å². The van der Waals surface area contributed by atoms with E-state index >= 15 is 0 Å². The van der Waals surface area contributed by atoms with E-state index in [-0.39, 0.29) is 16.5 Å². The van der Waals surface area contributed by atoms with Gasteiger partial charge in [-0.25, -0.2) is 4.98 Å². The van der Waals surface area contributed by atoms with Crippen LogP contribution in [-0.4, -0.2) is 15.9 Å². The average molecular weight is 363 g/mol. The van der Waals surface area contributed by atoms with Crippen molar-refractivity contribution in [1.29, 1.82) is 0 Å². The van der Waals surface area contributed by atoms with Gasteiger partial charge in [-0.05, 0) is 18.2 Å². The number of rotatable bonds is 3. The number of nitrogens with zero attached hydrogens (tertiary/aromatic N) is 2. The number of thiazole rings is 1. The topological polar surface area (TPSA) is 54.9 Å². The lowest BCUT2D eigenvalue weighted by molar-refractivity contribution is -0.137. The molecule has 0 aliphatic heterocycles. The van der Waals surface area contributed by atoms with E-state index in [2.05, 4.69) is 15.3 Å². The summed E-state index contributed by atoms with van der Waals surface area (Å²) in [5.41, 5.74) is 1.01. The summed E-state index contributed by atoms with van der Waals surface area (Å²) in [4.78, 5) is 19.2. The highest BCUT2D eigenvalue weighted by Crippen LogP contribution is 2.38. The van der Waals surface area contributed by atoms with Gasteiger partial charge in [0.25, 0.3) is 0 Å². The Morgan fingerprint density at radius 2 is 2.04 bits per heavy atom. The van der Waals surface area contributed by atoms with Crippen molar-refractivity contribution in [3.8, 4) is 21.8 Å². The SMILES string of the molecule is CC(=O)Nc1cccc(-c2csc(-c3cnccc3C(F)(F)F)n2)c1. The number of carbonyl (C=O) groups is 1. The first-order valence-electron chi connectivity index (χ1n) is 7.20. The smallest absolute Gasteiger partial charge is 0.326 e. The summed E-state index contributed by atoms with van der Waals surface area (Å²) in [6, 6.07) is 7.89. The quantitative estimate of drug-likeness (QED) is 0.724. The predicted octanol–water partition coefficient (Wildman–Crippen LogP) is 4.85. The first-order valence-corrected chi connectivity index (χ1v) is 8.07. The molecule has 1 aromatic carbocycles. The van der Waals surface area contributed by atoms with Crippen LogP contribution in [0.2, 0.25) is 0 Å². The van der Waals surface area contributed by atoms with Gasteiger partial charge in [-0.15, -0.1) is 11.3 Å². The summed E-state index contributed by atoms with van der Waals surface area (Å²) >= 11 is 1.11. The van der Waals surface area contributed by atoms with Crippen molar-refractivity contribution >= 4 is 22.9 Å². The van der Waals surface area contributed by atoms with E-state index in [0.717, 1.165) is 23.6 Å². The van der Waals surface area contributed by atoms with Crippen molar-refractivity contribution in [2.45, 2.75) is 13.1 Å². The minimum Gasteiger partial charge on any atom is -0.326 e. The van der Waals surface area contributed by atoms with Gasteiger partial charge in [0.2, 0.25) is 5.91 Å². The number of hydrogen-bond donors (Lipinski definition) is 1. The number of carbonyl (C=O) groups excluding carboxylic acids is 1. The minimum atomic E-state index is -4.48. The number of alkyl halides is 3. The highest BCUT2D eigenvalue weighted by molar-refractivity contribution is 7.13. The molecule has 0 aliphatic carbocycles. The summed E-state index contributed by atoms with van der Waals surface area (Å²) in [5.74, 6) is -0.207. The Morgan fingerprint density at radius 3 is 2.76 bits per heavy atom. The maximum absolute atomic E-state index is 13.1. The molecular formula is C17H12F3N3OS. The number of aromatic nitrogens is 2. The third-order valence-electron chi connectivity index (χ3n) is 3.34. The zero-order valence-corrected chi connectivity index (χ0v) is 13.8. The molecule has 128 valence electrons. The summed E-state index contributed by atoms with van der Waals surface area (Å²) in [6.07, 6.45) is -2.20. The molecule has 0 atom stereocenters. The van der Waals surface area contributed by atoms with Crippen LogP contribution in [0.3, 0.4) is 0 Å². The lowest BCUT2D eigenvalue weighted by Crippen LogP contribution is -2.07. The maximum Gasteiger partial charge on any atom is 0.417 e. The van der Waals surface area contributed by atoms with Crippen molar-refractivity contribution in [3.05, 3.63) is 53.7 Å². The first kappa shape index (κ1) is 17.1. The Hall–Kier alpha value is -2.74. The van der Waals surface area contributed by atoms with Gasteiger partial charge in [-0.2, -0.15) is 13.2 Å². The van der Waals surface area contributed by atoms with E-state index in [1.165, 1.54) is 13.1 Å². The second-order valence-corrected chi connectivity index (χ2v) is 6.08. The van der Waals surface area contributed by atoms with Gasteiger partial charge in [0.1, 0.15) is 5.01 Å². The Kier molecular flexibility index (Phi) is 4.54. The summed E-state index contributed by atoms with van der Waals surface area (Å²) in [6.45, 7) is 1.40. The summed E-state index contributed by atoms with van der Waals surface area (Å²) in [7, 11) is 0. The van der Waals surface area contributed by atoms with E-state index in [0.29, 0.717) is 16.9 Å². The van der Waals surface area contributed by atoms with Crippen LogP contribution in [0.5, 0.6) is 0 Å². The van der Waals surface area contributed by atoms with Gasteiger partial charge in [0.05, 0.1) is 11.3 Å². The van der Waals surface area contributed by atoms with Crippen LogP contribution in [0.1, 0.15) is 12.5 Å². The number of hydrogen-bond acceptors (Lipinski definition) is 4.